The summed E-state index contributed by atoms with van der Waals surface area (Å²) in [4.78, 5) is 11.8. The number of hydrogen-bond donors (Lipinski definition) is 1. The van der Waals surface area contributed by atoms with Crippen LogP contribution in [0.3, 0.4) is 0 Å². The zero-order valence-corrected chi connectivity index (χ0v) is 14.6. The lowest BCUT2D eigenvalue weighted by Gasteiger charge is -2.27. The van der Waals surface area contributed by atoms with Crippen LogP contribution in [0.1, 0.15) is 73.1 Å². The van der Waals surface area contributed by atoms with Crippen LogP contribution in [0, 0.1) is 23.7 Å². The largest absolute Gasteiger partial charge is 0.389 e. The molecule has 0 fully saturated rings. The Kier molecular flexibility index (Phi) is 7.65. The fraction of sp³-hybridized carbons (Fsp3) is 0.842. The van der Waals surface area contributed by atoms with Crippen LogP contribution >= 0.6 is 0 Å². The fourth-order valence-corrected chi connectivity index (χ4v) is 3.07. The quantitative estimate of drug-likeness (QED) is 0.655. The average molecular weight is 294 g/mol. The second-order valence-electron chi connectivity index (χ2n) is 7.57. The lowest BCUT2D eigenvalue weighted by atomic mass is 9.81. The van der Waals surface area contributed by atoms with Crippen molar-refractivity contribution in [2.24, 2.45) is 23.7 Å². The summed E-state index contributed by atoms with van der Waals surface area (Å²) in [7, 11) is 0. The second-order valence-corrected chi connectivity index (χ2v) is 7.57. The van der Waals surface area contributed by atoms with Crippen molar-refractivity contribution in [1.29, 1.82) is 0 Å². The first-order valence-corrected chi connectivity index (χ1v) is 8.71. The molecule has 0 spiro atoms. The minimum Gasteiger partial charge on any atom is -0.389 e. The maximum atomic E-state index is 11.8. The Morgan fingerprint density at radius 2 is 2.00 bits per heavy atom. The summed E-state index contributed by atoms with van der Waals surface area (Å²) in [6, 6.07) is 0. The number of ketones is 1. The Morgan fingerprint density at radius 3 is 2.48 bits per heavy atom. The van der Waals surface area contributed by atoms with E-state index in [1.807, 2.05) is 13.8 Å². The van der Waals surface area contributed by atoms with E-state index in [4.69, 9.17) is 0 Å². The Bertz CT molecular complexity index is 355. The van der Waals surface area contributed by atoms with Crippen LogP contribution in [0.25, 0.3) is 0 Å². The van der Waals surface area contributed by atoms with E-state index < -0.39 is 0 Å². The third kappa shape index (κ3) is 6.34. The van der Waals surface area contributed by atoms with E-state index in [1.54, 1.807) is 0 Å². The molecule has 0 amide bonds. The molecule has 1 aliphatic rings. The summed E-state index contributed by atoms with van der Waals surface area (Å²) in [5.41, 5.74) is 1.23. The average Bonchev–Trinajstić information content (AvgIpc) is 2.42. The molecule has 0 saturated carbocycles. The second kappa shape index (κ2) is 8.73. The summed E-state index contributed by atoms with van der Waals surface area (Å²) < 4.78 is 0. The molecule has 1 rings (SSSR count). The van der Waals surface area contributed by atoms with Crippen molar-refractivity contribution in [1.82, 2.24) is 0 Å². The van der Waals surface area contributed by atoms with Gasteiger partial charge >= 0.3 is 0 Å². The Morgan fingerprint density at radius 1 is 1.33 bits per heavy atom. The van der Waals surface area contributed by atoms with Crippen LogP contribution in [-0.2, 0) is 4.79 Å². The van der Waals surface area contributed by atoms with Gasteiger partial charge in [-0.15, -0.1) is 0 Å². The van der Waals surface area contributed by atoms with Crippen LogP contribution in [0.2, 0.25) is 0 Å². The van der Waals surface area contributed by atoms with E-state index in [1.165, 1.54) is 12.0 Å². The van der Waals surface area contributed by atoms with Gasteiger partial charge in [0.2, 0.25) is 0 Å². The zero-order valence-electron chi connectivity index (χ0n) is 14.6. The highest BCUT2D eigenvalue weighted by Gasteiger charge is 2.23. The molecular weight excluding hydrogens is 260 g/mol. The summed E-state index contributed by atoms with van der Waals surface area (Å²) in [6.45, 7) is 10.6. The van der Waals surface area contributed by atoms with Crippen LogP contribution in [-0.4, -0.2) is 17.0 Å². The standard InChI is InChI=1S/C19H34O2/c1-13(2)17(10-11-18(20)14(3)4)12-19(21)16-8-6-15(5)7-9-16/h8,13-15,17,19,21H,6-7,9-12H2,1-5H3/t15-,17?,19?/m1/s1. The van der Waals surface area contributed by atoms with Crippen molar-refractivity contribution in [3.8, 4) is 0 Å². The molecule has 3 atom stereocenters. The van der Waals surface area contributed by atoms with Gasteiger partial charge < -0.3 is 5.11 Å². The summed E-state index contributed by atoms with van der Waals surface area (Å²) in [5.74, 6) is 2.18. The number of aliphatic hydroxyl groups excluding tert-OH is 1. The first-order chi connectivity index (χ1) is 9.81. The highest BCUT2D eigenvalue weighted by Crippen LogP contribution is 2.30. The molecule has 21 heavy (non-hydrogen) atoms. The van der Waals surface area contributed by atoms with Crippen LogP contribution in [0.5, 0.6) is 0 Å². The molecule has 0 radical (unpaired) electrons. The normalized spacial score (nSPS) is 22.3. The molecule has 0 saturated heterocycles. The monoisotopic (exact) mass is 294 g/mol. The number of carbonyl (C=O) groups excluding carboxylic acids is 1. The minimum absolute atomic E-state index is 0.130. The molecule has 2 heteroatoms. The van der Waals surface area contributed by atoms with Crippen molar-refractivity contribution in [3.63, 3.8) is 0 Å². The molecule has 1 aliphatic carbocycles. The lowest BCUT2D eigenvalue weighted by Crippen LogP contribution is -2.22. The van der Waals surface area contributed by atoms with E-state index in [0.29, 0.717) is 24.0 Å². The van der Waals surface area contributed by atoms with Gasteiger partial charge in [0.05, 0.1) is 6.10 Å². The van der Waals surface area contributed by atoms with E-state index in [0.717, 1.165) is 31.6 Å². The van der Waals surface area contributed by atoms with Gasteiger partial charge in [-0.25, -0.2) is 0 Å². The molecular formula is C19H34O2. The van der Waals surface area contributed by atoms with Crippen LogP contribution in [0.15, 0.2) is 11.6 Å². The molecule has 2 unspecified atom stereocenters. The highest BCUT2D eigenvalue weighted by molar-refractivity contribution is 5.80. The maximum Gasteiger partial charge on any atom is 0.135 e. The molecule has 0 aliphatic heterocycles. The van der Waals surface area contributed by atoms with E-state index in [9.17, 15) is 9.90 Å². The van der Waals surface area contributed by atoms with Gasteiger partial charge in [-0.2, -0.15) is 0 Å². The van der Waals surface area contributed by atoms with Crippen LogP contribution in [0.4, 0.5) is 0 Å². The topological polar surface area (TPSA) is 37.3 Å². The zero-order chi connectivity index (χ0) is 16.0. The number of rotatable bonds is 8. The Labute approximate surface area is 131 Å². The van der Waals surface area contributed by atoms with Gasteiger partial charge in [0.25, 0.3) is 0 Å². The van der Waals surface area contributed by atoms with E-state index >= 15 is 0 Å². The molecule has 1 N–H and O–H groups in total. The SMILES string of the molecule is CC(C)C(=O)CCC(CC(O)C1=CC[C@@H](C)CC1)C(C)C. The summed E-state index contributed by atoms with van der Waals surface area (Å²) in [5, 5.41) is 10.5. The van der Waals surface area contributed by atoms with Gasteiger partial charge in [0, 0.05) is 12.3 Å². The van der Waals surface area contributed by atoms with Gasteiger partial charge in [-0.1, -0.05) is 40.7 Å². The lowest BCUT2D eigenvalue weighted by molar-refractivity contribution is -0.122. The first kappa shape index (κ1) is 18.4. The van der Waals surface area contributed by atoms with Crippen molar-refractivity contribution in [2.45, 2.75) is 79.2 Å². The molecule has 0 aromatic carbocycles. The Balaban J connectivity index is 2.52. The summed E-state index contributed by atoms with van der Waals surface area (Å²) in [6.07, 6.45) is 7.65. The number of hydrogen-bond acceptors (Lipinski definition) is 2. The van der Waals surface area contributed by atoms with Gasteiger partial charge in [-0.3, -0.25) is 4.79 Å². The third-order valence-corrected chi connectivity index (χ3v) is 5.01. The first-order valence-electron chi connectivity index (χ1n) is 8.71. The smallest absolute Gasteiger partial charge is 0.135 e. The van der Waals surface area contributed by atoms with E-state index in [2.05, 4.69) is 26.8 Å². The molecule has 0 aromatic rings. The van der Waals surface area contributed by atoms with Crippen molar-refractivity contribution >= 4 is 5.78 Å². The van der Waals surface area contributed by atoms with Crippen molar-refractivity contribution < 1.29 is 9.90 Å². The molecule has 0 heterocycles. The van der Waals surface area contributed by atoms with Crippen molar-refractivity contribution in [2.75, 3.05) is 0 Å². The number of aliphatic hydroxyl groups is 1. The Hall–Kier alpha value is -0.630. The van der Waals surface area contributed by atoms with E-state index in [-0.39, 0.29) is 12.0 Å². The highest BCUT2D eigenvalue weighted by atomic mass is 16.3. The predicted octanol–water partition coefficient (Wildman–Crippen LogP) is 4.76. The fourth-order valence-electron chi connectivity index (χ4n) is 3.07. The van der Waals surface area contributed by atoms with Crippen molar-refractivity contribution in [3.05, 3.63) is 11.6 Å². The maximum absolute atomic E-state index is 11.8. The molecule has 0 bridgehead atoms. The van der Waals surface area contributed by atoms with Crippen LogP contribution < -0.4 is 0 Å². The van der Waals surface area contributed by atoms with Gasteiger partial charge in [-0.05, 0) is 55.4 Å². The third-order valence-electron chi connectivity index (χ3n) is 5.01. The molecule has 122 valence electrons. The minimum atomic E-state index is -0.306. The van der Waals surface area contributed by atoms with Gasteiger partial charge in [0.1, 0.15) is 5.78 Å². The molecule has 2 nitrogen and oxygen atoms in total. The summed E-state index contributed by atoms with van der Waals surface area (Å²) >= 11 is 0. The number of allylic oxidation sites excluding steroid dienone is 1. The predicted molar refractivity (Wildman–Crippen MR) is 89.1 cm³/mol. The molecule has 0 aromatic heterocycles. The van der Waals surface area contributed by atoms with Gasteiger partial charge in [0.15, 0.2) is 0 Å². The number of Topliss-reactive ketones (excluding diaryl/α,β-unsaturated/α-hetero) is 1. The number of carbonyl (C=O) groups is 1.